The van der Waals surface area contributed by atoms with Crippen molar-refractivity contribution in [3.63, 3.8) is 0 Å². The maximum absolute atomic E-state index is 4.97. The molecule has 0 amide bonds. The summed E-state index contributed by atoms with van der Waals surface area (Å²) >= 11 is 2.39. The van der Waals surface area contributed by atoms with E-state index in [1.54, 1.807) is 0 Å². The molecule has 2 aliphatic carbocycles. The topological polar surface area (TPSA) is 37.8 Å². The van der Waals surface area contributed by atoms with Crippen LogP contribution in [0.15, 0.2) is 24.3 Å². The Morgan fingerprint density at radius 2 is 1.95 bits per heavy atom. The minimum absolute atomic E-state index is 0.364. The van der Waals surface area contributed by atoms with Gasteiger partial charge in [-0.3, -0.25) is 0 Å². The van der Waals surface area contributed by atoms with E-state index in [2.05, 4.69) is 52.2 Å². The van der Waals surface area contributed by atoms with Crippen molar-refractivity contribution in [1.29, 1.82) is 0 Å². The highest BCUT2D eigenvalue weighted by Gasteiger charge is 2.32. The first-order valence-corrected chi connectivity index (χ1v) is 8.68. The van der Waals surface area contributed by atoms with Crippen molar-refractivity contribution in [1.82, 2.24) is 9.97 Å². The summed E-state index contributed by atoms with van der Waals surface area (Å²) in [6, 6.07) is 8.74. The molecule has 0 saturated heterocycles. The largest absolute Gasteiger partial charge is 0.372 e. The van der Waals surface area contributed by atoms with Gasteiger partial charge in [-0.05, 0) is 59.4 Å². The molecule has 1 fully saturated rings. The van der Waals surface area contributed by atoms with Gasteiger partial charge in [0.05, 0.1) is 9.26 Å². The molecule has 0 aliphatic heterocycles. The number of rotatable bonds is 3. The Kier molecular flexibility index (Phi) is 3.36. The number of nitrogens with zero attached hydrogens (tertiary/aromatic N) is 2. The smallest absolute Gasteiger partial charge is 0.143 e. The van der Waals surface area contributed by atoms with Crippen LogP contribution in [0.4, 0.5) is 5.82 Å². The van der Waals surface area contributed by atoms with Gasteiger partial charge in [0.15, 0.2) is 0 Å². The molecule has 4 heteroatoms. The first kappa shape index (κ1) is 13.5. The molecule has 4 rings (SSSR count). The van der Waals surface area contributed by atoms with Crippen LogP contribution >= 0.6 is 22.6 Å². The summed E-state index contributed by atoms with van der Waals surface area (Å²) in [5.74, 6) is 3.02. The number of anilines is 1. The van der Waals surface area contributed by atoms with Crippen LogP contribution in [0.2, 0.25) is 0 Å². The minimum atomic E-state index is 0.364. The van der Waals surface area contributed by atoms with Gasteiger partial charge >= 0.3 is 0 Å². The van der Waals surface area contributed by atoms with Gasteiger partial charge in [0.1, 0.15) is 11.6 Å². The molecule has 1 heterocycles. The van der Waals surface area contributed by atoms with E-state index in [9.17, 15) is 0 Å². The van der Waals surface area contributed by atoms with E-state index < -0.39 is 0 Å². The summed E-state index contributed by atoms with van der Waals surface area (Å²) in [4.78, 5) is 9.78. The number of halogens is 1. The van der Waals surface area contributed by atoms with Crippen molar-refractivity contribution < 1.29 is 0 Å². The van der Waals surface area contributed by atoms with Gasteiger partial charge in [0, 0.05) is 18.9 Å². The predicted octanol–water partition coefficient (Wildman–Crippen LogP) is 4.08. The summed E-state index contributed by atoms with van der Waals surface area (Å²) in [5, 5.41) is 3.25. The molecule has 3 nitrogen and oxygen atoms in total. The Bertz CT molecular complexity index is 694. The molecule has 2 aromatic rings. The number of aryl methyl sites for hydroxylation is 1. The van der Waals surface area contributed by atoms with Crippen LogP contribution in [-0.4, -0.2) is 17.0 Å². The number of hydrogen-bond donors (Lipinski definition) is 1. The lowest BCUT2D eigenvalue weighted by Crippen LogP contribution is -2.10. The highest BCUT2D eigenvalue weighted by atomic mass is 127. The van der Waals surface area contributed by atoms with Crippen molar-refractivity contribution in [3.8, 4) is 0 Å². The van der Waals surface area contributed by atoms with Crippen LogP contribution in [0.25, 0.3) is 0 Å². The molecular formula is C17H18IN3. The zero-order valence-corrected chi connectivity index (χ0v) is 14.2. The minimum Gasteiger partial charge on any atom is -0.372 e. The van der Waals surface area contributed by atoms with Gasteiger partial charge in [0.25, 0.3) is 0 Å². The van der Waals surface area contributed by atoms with Gasteiger partial charge in [-0.25, -0.2) is 9.97 Å². The van der Waals surface area contributed by atoms with E-state index in [1.165, 1.54) is 33.2 Å². The zero-order valence-electron chi connectivity index (χ0n) is 12.1. The Hall–Kier alpha value is -1.17. The zero-order chi connectivity index (χ0) is 14.4. The van der Waals surface area contributed by atoms with Gasteiger partial charge in [-0.2, -0.15) is 0 Å². The first-order chi connectivity index (χ1) is 10.3. The summed E-state index contributed by atoms with van der Waals surface area (Å²) < 4.78 is 1.20. The second-order valence-electron chi connectivity index (χ2n) is 5.94. The molecular weight excluding hydrogens is 373 g/mol. The maximum Gasteiger partial charge on any atom is 0.143 e. The van der Waals surface area contributed by atoms with Crippen LogP contribution in [0, 0.1) is 3.57 Å². The van der Waals surface area contributed by atoms with Gasteiger partial charge < -0.3 is 5.32 Å². The van der Waals surface area contributed by atoms with E-state index in [0.29, 0.717) is 11.8 Å². The highest BCUT2D eigenvalue weighted by Crippen LogP contribution is 2.44. The lowest BCUT2D eigenvalue weighted by Gasteiger charge is -2.15. The first-order valence-electron chi connectivity index (χ1n) is 7.61. The average Bonchev–Trinajstić information content (AvgIpc) is 3.27. The Morgan fingerprint density at radius 3 is 2.71 bits per heavy atom. The molecule has 1 unspecified atom stereocenters. The molecule has 0 bridgehead atoms. The van der Waals surface area contributed by atoms with Gasteiger partial charge in [-0.1, -0.05) is 24.3 Å². The normalized spacial score (nSPS) is 20.4. The van der Waals surface area contributed by atoms with Crippen LogP contribution in [-0.2, 0) is 6.42 Å². The number of benzene rings is 1. The summed E-state index contributed by atoms with van der Waals surface area (Å²) in [5.41, 5.74) is 4.14. The number of fused-ring (bicyclic) bond motifs is 1. The molecule has 2 aliphatic rings. The fourth-order valence-electron chi connectivity index (χ4n) is 3.26. The lowest BCUT2D eigenvalue weighted by atomic mass is 10.0. The van der Waals surface area contributed by atoms with Crippen molar-refractivity contribution >= 4 is 28.4 Å². The highest BCUT2D eigenvalue weighted by molar-refractivity contribution is 14.1. The van der Waals surface area contributed by atoms with Crippen LogP contribution in [0.1, 0.15) is 53.7 Å². The third-order valence-corrected chi connectivity index (χ3v) is 5.60. The summed E-state index contributed by atoms with van der Waals surface area (Å²) in [6.45, 7) is 0. The molecule has 1 aromatic carbocycles. The van der Waals surface area contributed by atoms with Gasteiger partial charge in [0.2, 0.25) is 0 Å². The molecule has 21 heavy (non-hydrogen) atoms. The Balaban J connectivity index is 1.81. The van der Waals surface area contributed by atoms with Crippen LogP contribution < -0.4 is 5.32 Å². The SMILES string of the molecule is CNc1nc(C2CCc3ccccc32)nc(C2CC2)c1I. The Labute approximate surface area is 138 Å². The summed E-state index contributed by atoms with van der Waals surface area (Å²) in [7, 11) is 1.95. The molecule has 0 radical (unpaired) electrons. The molecule has 0 spiro atoms. The number of hydrogen-bond acceptors (Lipinski definition) is 3. The number of aromatic nitrogens is 2. The van der Waals surface area contributed by atoms with Crippen molar-refractivity contribution in [3.05, 3.63) is 50.5 Å². The molecule has 1 N–H and O–H groups in total. The van der Waals surface area contributed by atoms with E-state index >= 15 is 0 Å². The fraction of sp³-hybridized carbons (Fsp3) is 0.412. The second-order valence-corrected chi connectivity index (χ2v) is 7.02. The van der Waals surface area contributed by atoms with Crippen molar-refractivity contribution in [2.45, 2.75) is 37.5 Å². The molecule has 1 atom stereocenters. The molecule has 108 valence electrons. The fourth-order valence-corrected chi connectivity index (χ4v) is 4.21. The Morgan fingerprint density at radius 1 is 1.14 bits per heavy atom. The molecule has 1 saturated carbocycles. The van der Waals surface area contributed by atoms with Crippen LogP contribution in [0.5, 0.6) is 0 Å². The maximum atomic E-state index is 4.97. The van der Waals surface area contributed by atoms with E-state index in [4.69, 9.17) is 9.97 Å². The van der Waals surface area contributed by atoms with Crippen LogP contribution in [0.3, 0.4) is 0 Å². The predicted molar refractivity (Wildman–Crippen MR) is 92.9 cm³/mol. The third kappa shape index (κ3) is 2.33. The summed E-state index contributed by atoms with van der Waals surface area (Å²) in [6.07, 6.45) is 4.82. The van der Waals surface area contributed by atoms with Crippen molar-refractivity contribution in [2.75, 3.05) is 12.4 Å². The van der Waals surface area contributed by atoms with E-state index in [0.717, 1.165) is 24.5 Å². The van der Waals surface area contributed by atoms with Gasteiger partial charge in [-0.15, -0.1) is 0 Å². The third-order valence-electron chi connectivity index (χ3n) is 4.54. The monoisotopic (exact) mass is 391 g/mol. The average molecular weight is 391 g/mol. The molecule has 1 aromatic heterocycles. The standard InChI is InChI=1S/C17H18IN3/c1-19-17-14(18)15(11-6-7-11)20-16(21-17)13-9-8-10-4-2-3-5-12(10)13/h2-5,11,13H,6-9H2,1H3,(H,19,20,21). The second kappa shape index (κ2) is 5.23. The van der Waals surface area contributed by atoms with E-state index in [1.807, 2.05) is 7.05 Å². The van der Waals surface area contributed by atoms with E-state index in [-0.39, 0.29) is 0 Å². The lowest BCUT2D eigenvalue weighted by molar-refractivity contribution is 0.717. The van der Waals surface area contributed by atoms with Crippen molar-refractivity contribution in [2.24, 2.45) is 0 Å². The quantitative estimate of drug-likeness (QED) is 0.802. The number of nitrogens with one attached hydrogen (secondary N) is 1.